The van der Waals surface area contributed by atoms with Crippen LogP contribution in [0.5, 0.6) is 86.2 Å². The minimum absolute atomic E-state index is 0.00191. The van der Waals surface area contributed by atoms with Gasteiger partial charge >= 0.3 is 0 Å². The standard InChI is InChI=1S/C32H22O15/c33-18-13(19(34)25(40)30(45)24(18)39)8-5-6-11-12(7-8)15(17-22(37)28(43)32(47)29(44)23(17)38)10-4-2-1-3-9(10)14(11)16-20(35)26(41)31(46)27(42)21(16)36/h1-7,33-47H. The van der Waals surface area contributed by atoms with E-state index in [2.05, 4.69) is 0 Å². The van der Waals surface area contributed by atoms with E-state index in [0.29, 0.717) is 0 Å². The molecule has 240 valence electrons. The second-order valence-corrected chi connectivity index (χ2v) is 10.4. The second kappa shape index (κ2) is 9.93. The van der Waals surface area contributed by atoms with E-state index in [0.717, 1.165) is 6.07 Å². The van der Waals surface area contributed by atoms with E-state index in [1.165, 1.54) is 36.4 Å². The molecule has 0 atom stereocenters. The Kier molecular flexibility index (Phi) is 6.31. The van der Waals surface area contributed by atoms with Crippen molar-refractivity contribution in [3.63, 3.8) is 0 Å². The molecule has 0 aliphatic heterocycles. The van der Waals surface area contributed by atoms with Gasteiger partial charge in [-0.05, 0) is 33.2 Å². The molecule has 0 unspecified atom stereocenters. The summed E-state index contributed by atoms with van der Waals surface area (Å²) < 4.78 is 0. The zero-order valence-corrected chi connectivity index (χ0v) is 23.2. The summed E-state index contributed by atoms with van der Waals surface area (Å²) in [6, 6.07) is 9.23. The van der Waals surface area contributed by atoms with Gasteiger partial charge in [-0.2, -0.15) is 0 Å². The SMILES string of the molecule is Oc1c(O)c(O)c(-c2ccc3c(-c4c(O)c(O)c(O)c(O)c4O)c4ccccc4c(-c4c(O)c(O)c(O)c(O)c4O)c3c2)c(O)c1O. The Hall–Kier alpha value is -7.16. The molecule has 15 heteroatoms. The number of phenolic OH excluding ortho intramolecular Hbond substituents is 15. The predicted molar refractivity (Wildman–Crippen MR) is 163 cm³/mol. The highest BCUT2D eigenvalue weighted by molar-refractivity contribution is 6.24. The summed E-state index contributed by atoms with van der Waals surface area (Å²) in [5.41, 5.74) is -2.58. The average Bonchev–Trinajstić information content (AvgIpc) is 3.07. The van der Waals surface area contributed by atoms with Crippen LogP contribution in [-0.4, -0.2) is 76.6 Å². The Balaban J connectivity index is 1.92. The van der Waals surface area contributed by atoms with Crippen LogP contribution in [0.15, 0.2) is 42.5 Å². The molecular weight excluding hydrogens is 624 g/mol. The summed E-state index contributed by atoms with van der Waals surface area (Å²) in [7, 11) is 0. The molecule has 15 nitrogen and oxygen atoms in total. The van der Waals surface area contributed by atoms with Crippen LogP contribution in [0.25, 0.3) is 54.9 Å². The molecule has 0 saturated carbocycles. The van der Waals surface area contributed by atoms with Gasteiger partial charge in [0.25, 0.3) is 0 Å². The first-order valence-corrected chi connectivity index (χ1v) is 13.2. The van der Waals surface area contributed by atoms with Crippen LogP contribution in [-0.2, 0) is 0 Å². The second-order valence-electron chi connectivity index (χ2n) is 10.4. The largest absolute Gasteiger partial charge is 0.504 e. The van der Waals surface area contributed by atoms with Gasteiger partial charge in [0.15, 0.2) is 34.5 Å². The minimum atomic E-state index is -1.27. The van der Waals surface area contributed by atoms with Gasteiger partial charge in [-0.1, -0.05) is 36.4 Å². The molecule has 6 aromatic rings. The smallest absolute Gasteiger partial charge is 0.208 e. The summed E-state index contributed by atoms with van der Waals surface area (Å²) in [6.45, 7) is 0. The lowest BCUT2D eigenvalue weighted by Gasteiger charge is -2.22. The first kappa shape index (κ1) is 29.9. The molecule has 0 radical (unpaired) electrons. The van der Waals surface area contributed by atoms with Crippen molar-refractivity contribution < 1.29 is 76.6 Å². The third kappa shape index (κ3) is 3.86. The van der Waals surface area contributed by atoms with Gasteiger partial charge in [0.1, 0.15) is 0 Å². The van der Waals surface area contributed by atoms with E-state index in [9.17, 15) is 76.6 Å². The van der Waals surface area contributed by atoms with E-state index in [-0.39, 0.29) is 38.2 Å². The normalized spacial score (nSPS) is 11.4. The maximum absolute atomic E-state index is 11.0. The van der Waals surface area contributed by atoms with E-state index in [1.54, 1.807) is 0 Å². The molecule has 15 N–H and O–H groups in total. The van der Waals surface area contributed by atoms with Crippen molar-refractivity contribution in [1.29, 1.82) is 0 Å². The molecule has 0 aliphatic carbocycles. The van der Waals surface area contributed by atoms with Crippen molar-refractivity contribution in [1.82, 2.24) is 0 Å². The maximum Gasteiger partial charge on any atom is 0.208 e. The monoisotopic (exact) mass is 646 g/mol. The van der Waals surface area contributed by atoms with Gasteiger partial charge in [0.05, 0.1) is 16.7 Å². The predicted octanol–water partition coefficient (Wildman–Crippen LogP) is 4.58. The average molecular weight is 647 g/mol. The molecule has 0 bridgehead atoms. The molecule has 0 heterocycles. The molecule has 0 fully saturated rings. The number of aromatic hydroxyl groups is 15. The lowest BCUT2D eigenvalue weighted by Crippen LogP contribution is -1.94. The van der Waals surface area contributed by atoms with E-state index >= 15 is 0 Å². The van der Waals surface area contributed by atoms with Crippen molar-refractivity contribution in [2.45, 2.75) is 0 Å². The number of hydrogen-bond acceptors (Lipinski definition) is 15. The Morgan fingerprint density at radius 3 is 0.872 bits per heavy atom. The van der Waals surface area contributed by atoms with Gasteiger partial charge in [-0.25, -0.2) is 0 Å². The van der Waals surface area contributed by atoms with Crippen LogP contribution >= 0.6 is 0 Å². The molecule has 0 spiro atoms. The fourth-order valence-corrected chi connectivity index (χ4v) is 5.68. The molecule has 0 saturated heterocycles. The lowest BCUT2D eigenvalue weighted by atomic mass is 9.83. The fraction of sp³-hybridized carbons (Fsp3) is 0. The van der Waals surface area contributed by atoms with E-state index in [1.807, 2.05) is 0 Å². The van der Waals surface area contributed by atoms with Crippen LogP contribution in [0.3, 0.4) is 0 Å². The van der Waals surface area contributed by atoms with Crippen LogP contribution < -0.4 is 0 Å². The van der Waals surface area contributed by atoms with Gasteiger partial charge < -0.3 is 76.6 Å². The van der Waals surface area contributed by atoms with Crippen LogP contribution in [0.4, 0.5) is 0 Å². The fourth-order valence-electron chi connectivity index (χ4n) is 5.68. The van der Waals surface area contributed by atoms with Gasteiger partial charge in [0.2, 0.25) is 51.7 Å². The summed E-state index contributed by atoms with van der Waals surface area (Å²) >= 11 is 0. The van der Waals surface area contributed by atoms with Crippen molar-refractivity contribution >= 4 is 21.5 Å². The molecule has 0 aliphatic rings. The molecule has 6 rings (SSSR count). The van der Waals surface area contributed by atoms with Crippen LogP contribution in [0.2, 0.25) is 0 Å². The molecule has 0 aromatic heterocycles. The van der Waals surface area contributed by atoms with E-state index in [4.69, 9.17) is 0 Å². The van der Waals surface area contributed by atoms with Gasteiger partial charge in [-0.15, -0.1) is 0 Å². The van der Waals surface area contributed by atoms with Crippen molar-refractivity contribution in [3.8, 4) is 120 Å². The van der Waals surface area contributed by atoms with Crippen molar-refractivity contribution in [2.75, 3.05) is 0 Å². The zero-order chi connectivity index (χ0) is 34.4. The quantitative estimate of drug-likeness (QED) is 0.0711. The number of hydrogen-bond donors (Lipinski definition) is 15. The first-order valence-electron chi connectivity index (χ1n) is 13.2. The highest BCUT2D eigenvalue weighted by Crippen LogP contribution is 2.62. The Labute approximate surface area is 260 Å². The molecular formula is C32H22O15. The summed E-state index contributed by atoms with van der Waals surface area (Å²) in [4.78, 5) is 0. The Morgan fingerprint density at radius 1 is 0.234 bits per heavy atom. The Bertz CT molecular complexity index is 2270. The topological polar surface area (TPSA) is 303 Å². The first-order chi connectivity index (χ1) is 22.1. The zero-order valence-electron chi connectivity index (χ0n) is 23.2. The molecule has 0 amide bonds. The minimum Gasteiger partial charge on any atom is -0.504 e. The van der Waals surface area contributed by atoms with Crippen LogP contribution in [0.1, 0.15) is 0 Å². The van der Waals surface area contributed by atoms with Gasteiger partial charge in [-0.3, -0.25) is 0 Å². The third-order valence-electron chi connectivity index (χ3n) is 7.93. The number of phenols is 15. The third-order valence-corrected chi connectivity index (χ3v) is 7.93. The molecule has 6 aromatic carbocycles. The van der Waals surface area contributed by atoms with Crippen molar-refractivity contribution in [2.24, 2.45) is 0 Å². The number of fused-ring (bicyclic) bond motifs is 2. The lowest BCUT2D eigenvalue weighted by molar-refractivity contribution is 0.330. The highest BCUT2D eigenvalue weighted by Gasteiger charge is 2.32. The Morgan fingerprint density at radius 2 is 0.511 bits per heavy atom. The number of benzene rings is 6. The number of rotatable bonds is 3. The van der Waals surface area contributed by atoms with Crippen LogP contribution in [0, 0.1) is 0 Å². The summed E-state index contributed by atoms with van der Waals surface area (Å²) in [6.07, 6.45) is 0. The summed E-state index contributed by atoms with van der Waals surface area (Å²) in [5.74, 6) is -17.8. The highest BCUT2D eigenvalue weighted by atomic mass is 16.4. The summed E-state index contributed by atoms with van der Waals surface area (Å²) in [5, 5.41) is 157. The maximum atomic E-state index is 11.0. The van der Waals surface area contributed by atoms with Gasteiger partial charge in [0, 0.05) is 11.1 Å². The molecule has 47 heavy (non-hydrogen) atoms. The van der Waals surface area contributed by atoms with E-state index < -0.39 is 103 Å². The van der Waals surface area contributed by atoms with Crippen molar-refractivity contribution in [3.05, 3.63) is 42.5 Å².